The molecule has 1 aliphatic rings. The van der Waals surface area contributed by atoms with Gasteiger partial charge in [0.1, 0.15) is 5.82 Å². The number of nitrogens with one attached hydrogen (secondary N) is 1. The van der Waals surface area contributed by atoms with Crippen LogP contribution in [0.5, 0.6) is 0 Å². The van der Waals surface area contributed by atoms with Gasteiger partial charge in [0, 0.05) is 38.9 Å². The molecule has 2 rings (SSSR count). The van der Waals surface area contributed by atoms with Crippen molar-refractivity contribution in [2.75, 3.05) is 44.2 Å². The predicted octanol–water partition coefficient (Wildman–Crippen LogP) is 2.65. The number of amides is 1. The molecule has 1 saturated heterocycles. The summed E-state index contributed by atoms with van der Waals surface area (Å²) >= 11 is 5.98. The molecule has 140 valence electrons. The highest BCUT2D eigenvalue weighted by Gasteiger charge is 2.32. The Morgan fingerprint density at radius 3 is 2.48 bits per heavy atom. The van der Waals surface area contributed by atoms with Gasteiger partial charge < -0.3 is 10.2 Å². The average Bonchev–Trinajstić information content (AvgIpc) is 2.53. The van der Waals surface area contributed by atoms with E-state index in [9.17, 15) is 18.0 Å². The fourth-order valence-electron chi connectivity index (χ4n) is 2.51. The zero-order chi connectivity index (χ0) is 18.6. The Labute approximate surface area is 150 Å². The molecule has 2 heterocycles. The number of pyridine rings is 1. The third kappa shape index (κ3) is 5.74. The Morgan fingerprint density at radius 2 is 1.96 bits per heavy atom. The fraction of sp³-hybridized carbons (Fsp3) is 0.625. The maximum Gasteiger partial charge on any atom is 0.417 e. The van der Waals surface area contributed by atoms with Gasteiger partial charge in [0.15, 0.2) is 0 Å². The van der Waals surface area contributed by atoms with Gasteiger partial charge in [0.2, 0.25) is 5.91 Å². The summed E-state index contributed by atoms with van der Waals surface area (Å²) in [6.07, 6.45) is -3.66. The number of carbonyl (C=O) groups excluding carboxylic acids is 1. The van der Waals surface area contributed by atoms with Crippen LogP contribution in [0, 0.1) is 5.92 Å². The highest BCUT2D eigenvalue weighted by Crippen LogP contribution is 2.33. The Morgan fingerprint density at radius 1 is 1.32 bits per heavy atom. The Balaban J connectivity index is 1.89. The molecule has 1 aromatic heterocycles. The SMILES string of the molecule is CC(C)CNC(=O)CN1CCN(c2ncc(C(F)(F)F)cc2Cl)CC1. The van der Waals surface area contributed by atoms with Crippen molar-refractivity contribution in [1.82, 2.24) is 15.2 Å². The van der Waals surface area contributed by atoms with E-state index in [1.165, 1.54) is 0 Å². The summed E-state index contributed by atoms with van der Waals surface area (Å²) in [7, 11) is 0. The Hall–Kier alpha value is -1.54. The summed E-state index contributed by atoms with van der Waals surface area (Å²) in [4.78, 5) is 19.6. The highest BCUT2D eigenvalue weighted by atomic mass is 35.5. The summed E-state index contributed by atoms with van der Waals surface area (Å²) in [5, 5.41) is 2.85. The lowest BCUT2D eigenvalue weighted by Crippen LogP contribution is -2.50. The minimum Gasteiger partial charge on any atom is -0.355 e. The van der Waals surface area contributed by atoms with Crippen LogP contribution in [0.1, 0.15) is 19.4 Å². The topological polar surface area (TPSA) is 48.5 Å². The number of carbonyl (C=O) groups is 1. The van der Waals surface area contributed by atoms with Crippen molar-refractivity contribution in [3.63, 3.8) is 0 Å². The van der Waals surface area contributed by atoms with Crippen molar-refractivity contribution >= 4 is 23.3 Å². The number of aromatic nitrogens is 1. The molecule has 0 unspecified atom stereocenters. The standard InChI is InChI=1S/C16H22ClF3N4O/c1-11(2)8-21-14(25)10-23-3-5-24(6-4-23)15-13(17)7-12(9-22-15)16(18,19)20/h7,9,11H,3-6,8,10H2,1-2H3,(H,21,25). The van der Waals surface area contributed by atoms with Gasteiger partial charge in [-0.05, 0) is 12.0 Å². The largest absolute Gasteiger partial charge is 0.417 e. The van der Waals surface area contributed by atoms with Crippen LogP contribution in [0.3, 0.4) is 0 Å². The molecule has 9 heteroatoms. The summed E-state index contributed by atoms with van der Waals surface area (Å²) in [6.45, 7) is 7.35. The Kier molecular flexibility index (Phi) is 6.51. The van der Waals surface area contributed by atoms with Crippen molar-refractivity contribution < 1.29 is 18.0 Å². The second kappa shape index (κ2) is 8.23. The molecule has 1 aromatic rings. The van der Waals surface area contributed by atoms with Gasteiger partial charge in [0.25, 0.3) is 0 Å². The lowest BCUT2D eigenvalue weighted by atomic mass is 10.2. The number of hydrogen-bond donors (Lipinski definition) is 1. The van der Waals surface area contributed by atoms with Crippen LogP contribution in [-0.2, 0) is 11.0 Å². The molecular weight excluding hydrogens is 357 g/mol. The number of rotatable bonds is 5. The predicted molar refractivity (Wildman–Crippen MR) is 90.7 cm³/mol. The van der Waals surface area contributed by atoms with Crippen LogP contribution in [0.4, 0.5) is 19.0 Å². The quantitative estimate of drug-likeness (QED) is 0.855. The highest BCUT2D eigenvalue weighted by molar-refractivity contribution is 6.33. The third-order valence-electron chi connectivity index (χ3n) is 3.90. The third-order valence-corrected chi connectivity index (χ3v) is 4.17. The van der Waals surface area contributed by atoms with E-state index in [0.717, 1.165) is 12.3 Å². The van der Waals surface area contributed by atoms with Crippen molar-refractivity contribution in [3.05, 3.63) is 22.8 Å². The first-order chi connectivity index (χ1) is 11.7. The number of alkyl halides is 3. The van der Waals surface area contributed by atoms with Crippen molar-refractivity contribution in [2.24, 2.45) is 5.92 Å². The number of anilines is 1. The number of halogens is 4. The maximum atomic E-state index is 12.7. The van der Waals surface area contributed by atoms with Crippen LogP contribution in [0.2, 0.25) is 5.02 Å². The molecular formula is C16H22ClF3N4O. The summed E-state index contributed by atoms with van der Waals surface area (Å²) in [5.41, 5.74) is -0.860. The number of hydrogen-bond acceptors (Lipinski definition) is 4. The van der Waals surface area contributed by atoms with Crippen molar-refractivity contribution in [1.29, 1.82) is 0 Å². The lowest BCUT2D eigenvalue weighted by Gasteiger charge is -2.35. The van der Waals surface area contributed by atoms with Gasteiger partial charge in [-0.1, -0.05) is 25.4 Å². The number of piperazine rings is 1. The molecule has 0 aliphatic carbocycles. The van der Waals surface area contributed by atoms with E-state index in [1.807, 2.05) is 23.6 Å². The maximum absolute atomic E-state index is 12.7. The summed E-state index contributed by atoms with van der Waals surface area (Å²) in [6, 6.07) is 0.898. The van der Waals surface area contributed by atoms with Gasteiger partial charge >= 0.3 is 6.18 Å². The van der Waals surface area contributed by atoms with Gasteiger partial charge in [-0.25, -0.2) is 4.98 Å². The first kappa shape index (κ1) is 19.8. The minimum atomic E-state index is -4.46. The van der Waals surface area contributed by atoms with Crippen molar-refractivity contribution in [3.8, 4) is 0 Å². The van der Waals surface area contributed by atoms with Crippen LogP contribution >= 0.6 is 11.6 Å². The average molecular weight is 379 g/mol. The number of nitrogens with zero attached hydrogens (tertiary/aromatic N) is 3. The van der Waals surface area contributed by atoms with Gasteiger partial charge in [0.05, 0.1) is 17.1 Å². The smallest absolute Gasteiger partial charge is 0.355 e. The van der Waals surface area contributed by atoms with Crippen LogP contribution < -0.4 is 10.2 Å². The minimum absolute atomic E-state index is 0.0158. The molecule has 0 bridgehead atoms. The van der Waals surface area contributed by atoms with E-state index in [1.54, 1.807) is 0 Å². The van der Waals surface area contributed by atoms with Crippen molar-refractivity contribution in [2.45, 2.75) is 20.0 Å². The Bertz CT molecular complexity index is 602. The summed E-state index contributed by atoms with van der Waals surface area (Å²) < 4.78 is 38.0. The molecule has 0 spiro atoms. The second-order valence-corrected chi connectivity index (χ2v) is 6.90. The van der Waals surface area contributed by atoms with Gasteiger partial charge in [-0.3, -0.25) is 9.69 Å². The van der Waals surface area contributed by atoms with E-state index in [2.05, 4.69) is 10.3 Å². The van der Waals surface area contributed by atoms with E-state index < -0.39 is 11.7 Å². The molecule has 0 atom stereocenters. The van der Waals surface area contributed by atoms with E-state index >= 15 is 0 Å². The molecule has 0 radical (unpaired) electrons. The molecule has 0 saturated carbocycles. The molecule has 0 aromatic carbocycles. The normalized spacial score (nSPS) is 16.4. The monoisotopic (exact) mass is 378 g/mol. The second-order valence-electron chi connectivity index (χ2n) is 6.49. The van der Waals surface area contributed by atoms with Crippen LogP contribution in [-0.4, -0.2) is 55.1 Å². The summed E-state index contributed by atoms with van der Waals surface area (Å²) in [5.74, 6) is 0.722. The van der Waals surface area contributed by atoms with E-state index in [-0.39, 0.29) is 10.9 Å². The van der Waals surface area contributed by atoms with Crippen LogP contribution in [0.15, 0.2) is 12.3 Å². The first-order valence-electron chi connectivity index (χ1n) is 8.13. The molecule has 1 aliphatic heterocycles. The van der Waals surface area contributed by atoms with Crippen LogP contribution in [0.25, 0.3) is 0 Å². The fourth-order valence-corrected chi connectivity index (χ4v) is 2.80. The molecule has 1 amide bonds. The van der Waals surface area contributed by atoms with E-state index in [0.29, 0.717) is 51.0 Å². The van der Waals surface area contributed by atoms with E-state index in [4.69, 9.17) is 11.6 Å². The zero-order valence-corrected chi connectivity index (χ0v) is 15.0. The molecule has 5 nitrogen and oxygen atoms in total. The molecule has 1 N–H and O–H groups in total. The lowest BCUT2D eigenvalue weighted by molar-refractivity contribution is -0.137. The molecule has 1 fully saturated rings. The van der Waals surface area contributed by atoms with Gasteiger partial charge in [-0.2, -0.15) is 13.2 Å². The first-order valence-corrected chi connectivity index (χ1v) is 8.51. The zero-order valence-electron chi connectivity index (χ0n) is 14.2. The molecule has 25 heavy (non-hydrogen) atoms. The van der Waals surface area contributed by atoms with Gasteiger partial charge in [-0.15, -0.1) is 0 Å².